The predicted molar refractivity (Wildman–Crippen MR) is 53.4 cm³/mol. The Morgan fingerprint density at radius 3 is 2.33 bits per heavy atom. The Labute approximate surface area is 83.8 Å². The van der Waals surface area contributed by atoms with E-state index >= 15 is 0 Å². The Hall–Kier alpha value is -2.24. The van der Waals surface area contributed by atoms with Gasteiger partial charge in [-0.25, -0.2) is 24.4 Å². The average molecular weight is 207 g/mol. The van der Waals surface area contributed by atoms with Crippen LogP contribution in [0.2, 0.25) is 0 Å². The van der Waals surface area contributed by atoms with Crippen molar-refractivity contribution in [3.8, 4) is 11.4 Å². The van der Waals surface area contributed by atoms with E-state index in [2.05, 4.69) is 10.2 Å². The maximum atomic E-state index is 11.3. The highest BCUT2D eigenvalue weighted by Crippen LogP contribution is 2.16. The highest BCUT2D eigenvalue weighted by Gasteiger charge is 2.08. The van der Waals surface area contributed by atoms with Gasteiger partial charge in [0.2, 0.25) is 0 Å². The summed E-state index contributed by atoms with van der Waals surface area (Å²) in [6.45, 7) is 1.70. The van der Waals surface area contributed by atoms with Crippen LogP contribution >= 0.6 is 0 Å². The molecular weight excluding hydrogens is 198 g/mol. The van der Waals surface area contributed by atoms with Crippen molar-refractivity contribution in [1.82, 2.24) is 14.8 Å². The minimum atomic E-state index is -0.534. The van der Waals surface area contributed by atoms with Crippen LogP contribution < -0.4 is 11.4 Å². The summed E-state index contributed by atoms with van der Waals surface area (Å²) in [7, 11) is 0. The molecule has 0 unspecified atom stereocenters. The minimum Gasteiger partial charge on any atom is -0.508 e. The molecule has 0 aliphatic heterocycles. The lowest BCUT2D eigenvalue weighted by molar-refractivity contribution is 0.474. The van der Waals surface area contributed by atoms with Crippen LogP contribution in [0.3, 0.4) is 0 Å². The molecule has 1 aromatic heterocycles. The topological polar surface area (TPSA) is 90.9 Å². The van der Waals surface area contributed by atoms with E-state index in [1.165, 1.54) is 18.2 Å². The third-order valence-electron chi connectivity index (χ3n) is 2.10. The molecule has 0 aliphatic rings. The molecule has 3 N–H and O–H groups in total. The zero-order valence-electron chi connectivity index (χ0n) is 7.94. The molecule has 78 valence electrons. The summed E-state index contributed by atoms with van der Waals surface area (Å²) in [5.41, 5.74) is 0.0186. The van der Waals surface area contributed by atoms with Gasteiger partial charge in [-0.15, -0.1) is 0 Å². The number of aryl methyl sites for hydroxylation is 1. The number of aromatic nitrogens is 3. The lowest BCUT2D eigenvalue weighted by atomic mass is 10.2. The number of nitrogens with zero attached hydrogens (tertiary/aromatic N) is 1. The molecule has 6 heteroatoms. The Morgan fingerprint density at radius 1 is 1.20 bits per heavy atom. The summed E-state index contributed by atoms with van der Waals surface area (Å²) in [6.07, 6.45) is 0. The number of phenols is 1. The van der Waals surface area contributed by atoms with Crippen molar-refractivity contribution >= 4 is 0 Å². The van der Waals surface area contributed by atoms with E-state index in [0.717, 1.165) is 4.57 Å². The first-order valence-electron chi connectivity index (χ1n) is 4.29. The molecule has 1 heterocycles. The van der Waals surface area contributed by atoms with Crippen molar-refractivity contribution in [2.45, 2.75) is 6.92 Å². The number of benzene rings is 1. The molecule has 0 aliphatic carbocycles. The summed E-state index contributed by atoms with van der Waals surface area (Å²) in [5.74, 6) is 0.0938. The highest BCUT2D eigenvalue weighted by molar-refractivity contribution is 5.44. The number of aromatic amines is 2. The van der Waals surface area contributed by atoms with Gasteiger partial charge < -0.3 is 5.11 Å². The van der Waals surface area contributed by atoms with Crippen molar-refractivity contribution in [1.29, 1.82) is 0 Å². The molecule has 0 saturated carbocycles. The van der Waals surface area contributed by atoms with Gasteiger partial charge in [0, 0.05) is 0 Å². The average Bonchev–Trinajstić information content (AvgIpc) is 2.48. The number of hydrogen-bond donors (Lipinski definition) is 3. The number of rotatable bonds is 1. The van der Waals surface area contributed by atoms with Crippen LogP contribution in [0.25, 0.3) is 5.69 Å². The van der Waals surface area contributed by atoms with Crippen molar-refractivity contribution in [2.75, 3.05) is 0 Å². The molecule has 0 amide bonds. The van der Waals surface area contributed by atoms with E-state index in [9.17, 15) is 14.7 Å². The fourth-order valence-corrected chi connectivity index (χ4v) is 1.42. The molecule has 0 radical (unpaired) electrons. The zero-order valence-corrected chi connectivity index (χ0v) is 7.94. The normalized spacial score (nSPS) is 10.5. The molecule has 2 rings (SSSR count). The van der Waals surface area contributed by atoms with Gasteiger partial charge in [-0.05, 0) is 30.7 Å². The first kappa shape index (κ1) is 9.32. The van der Waals surface area contributed by atoms with Crippen molar-refractivity contribution < 1.29 is 5.11 Å². The second-order valence-electron chi connectivity index (χ2n) is 3.17. The van der Waals surface area contributed by atoms with Gasteiger partial charge in [0.05, 0.1) is 5.69 Å². The summed E-state index contributed by atoms with van der Waals surface area (Å²) in [4.78, 5) is 22.6. The summed E-state index contributed by atoms with van der Waals surface area (Å²) >= 11 is 0. The number of nitrogens with one attached hydrogen (secondary N) is 2. The molecule has 0 saturated heterocycles. The van der Waals surface area contributed by atoms with Crippen molar-refractivity contribution in [3.63, 3.8) is 0 Å². The molecule has 1 aromatic carbocycles. The Balaban J connectivity index is 2.75. The third-order valence-corrected chi connectivity index (χ3v) is 2.10. The maximum Gasteiger partial charge on any atom is 0.348 e. The molecule has 0 bridgehead atoms. The fourth-order valence-electron chi connectivity index (χ4n) is 1.42. The van der Waals surface area contributed by atoms with E-state index in [4.69, 9.17) is 0 Å². The molecule has 0 fully saturated rings. The van der Waals surface area contributed by atoms with Crippen LogP contribution in [0.15, 0.2) is 27.8 Å². The van der Waals surface area contributed by atoms with Crippen molar-refractivity contribution in [3.05, 3.63) is 44.7 Å². The molecule has 0 atom stereocenters. The maximum absolute atomic E-state index is 11.3. The van der Waals surface area contributed by atoms with E-state index in [0.29, 0.717) is 11.3 Å². The number of H-pyrrole nitrogens is 2. The minimum absolute atomic E-state index is 0.0938. The third kappa shape index (κ3) is 1.45. The van der Waals surface area contributed by atoms with Crippen molar-refractivity contribution in [2.24, 2.45) is 0 Å². The molecule has 15 heavy (non-hydrogen) atoms. The van der Waals surface area contributed by atoms with Gasteiger partial charge in [-0.1, -0.05) is 0 Å². The first-order valence-corrected chi connectivity index (χ1v) is 4.29. The van der Waals surface area contributed by atoms with Crippen LogP contribution in [-0.4, -0.2) is 19.9 Å². The molecule has 6 nitrogen and oxygen atoms in total. The van der Waals surface area contributed by atoms with Crippen LogP contribution in [0.4, 0.5) is 0 Å². The van der Waals surface area contributed by atoms with Crippen LogP contribution in [0.5, 0.6) is 5.75 Å². The van der Waals surface area contributed by atoms with Crippen LogP contribution in [0, 0.1) is 6.92 Å². The van der Waals surface area contributed by atoms with Gasteiger partial charge >= 0.3 is 11.4 Å². The van der Waals surface area contributed by atoms with E-state index < -0.39 is 11.4 Å². The lowest BCUT2D eigenvalue weighted by Gasteiger charge is -2.03. The molecule has 2 aromatic rings. The van der Waals surface area contributed by atoms with Gasteiger partial charge in [-0.3, -0.25) is 0 Å². The lowest BCUT2D eigenvalue weighted by Crippen LogP contribution is -2.25. The molecular formula is C9H9N3O3. The Morgan fingerprint density at radius 2 is 1.80 bits per heavy atom. The second kappa shape index (κ2) is 3.16. The van der Waals surface area contributed by atoms with Crippen LogP contribution in [0.1, 0.15) is 5.56 Å². The molecule has 0 spiro atoms. The highest BCUT2D eigenvalue weighted by atomic mass is 16.3. The van der Waals surface area contributed by atoms with E-state index in [1.54, 1.807) is 6.92 Å². The standard InChI is InChI=1S/C9H9N3O3/c1-5-4-6(13)2-3-7(5)12-8(14)10-11-9(12)15/h2-4,13H,1H3,(H,10,14)(H,11,15). The summed E-state index contributed by atoms with van der Waals surface area (Å²) in [5, 5.41) is 13.6. The first-order chi connectivity index (χ1) is 7.09. The predicted octanol–water partition coefficient (Wildman–Crippen LogP) is -0.132. The zero-order chi connectivity index (χ0) is 11.0. The van der Waals surface area contributed by atoms with E-state index in [-0.39, 0.29) is 5.75 Å². The van der Waals surface area contributed by atoms with Crippen LogP contribution in [-0.2, 0) is 0 Å². The van der Waals surface area contributed by atoms with Gasteiger partial charge in [-0.2, -0.15) is 0 Å². The quantitative estimate of drug-likeness (QED) is 0.608. The fraction of sp³-hybridized carbons (Fsp3) is 0.111. The monoisotopic (exact) mass is 207 g/mol. The summed E-state index contributed by atoms with van der Waals surface area (Å²) in [6, 6.07) is 4.41. The SMILES string of the molecule is Cc1cc(O)ccc1-n1c(=O)[nH][nH]c1=O. The van der Waals surface area contributed by atoms with Gasteiger partial charge in [0.25, 0.3) is 0 Å². The Bertz CT molecular complexity index is 578. The summed E-state index contributed by atoms with van der Waals surface area (Å²) < 4.78 is 0.967. The second-order valence-corrected chi connectivity index (χ2v) is 3.17. The number of phenolic OH excluding ortho intramolecular Hbond substituents is 1. The Kier molecular flexibility index (Phi) is 1.96. The smallest absolute Gasteiger partial charge is 0.348 e. The number of aromatic hydroxyl groups is 1. The number of hydrogen-bond acceptors (Lipinski definition) is 3. The largest absolute Gasteiger partial charge is 0.508 e. The van der Waals surface area contributed by atoms with E-state index in [1.807, 2.05) is 0 Å². The van der Waals surface area contributed by atoms with Gasteiger partial charge in [0.1, 0.15) is 5.75 Å². The van der Waals surface area contributed by atoms with Gasteiger partial charge in [0.15, 0.2) is 0 Å².